The minimum atomic E-state index is 0.579. The molecule has 10 aromatic carbocycles. The minimum Gasteiger partial charge on any atom is -0.455 e. The number of hydrogen-bond donors (Lipinski definition) is 0. The maximum atomic E-state index is 7.03. The summed E-state index contributed by atoms with van der Waals surface area (Å²) in [5.41, 5.74) is 16.4. The molecule has 5 nitrogen and oxygen atoms in total. The number of aromatic nitrogens is 4. The van der Waals surface area contributed by atoms with E-state index in [0.29, 0.717) is 17.5 Å². The minimum absolute atomic E-state index is 0.579. The highest BCUT2D eigenvalue weighted by Crippen LogP contribution is 2.46. The molecule has 0 atom stereocenters. The summed E-state index contributed by atoms with van der Waals surface area (Å²) in [6.07, 6.45) is 0. The number of benzene rings is 10. The summed E-state index contributed by atoms with van der Waals surface area (Å²) in [6.45, 7) is 0. The monoisotopic (exact) mass is 868 g/mol. The Kier molecular flexibility index (Phi) is 9.43. The fraction of sp³-hybridized carbons (Fsp3) is 0. The van der Waals surface area contributed by atoms with E-state index in [4.69, 9.17) is 19.4 Å². The molecular weight excluding hydrogens is 829 g/mol. The quantitative estimate of drug-likeness (QED) is 0.153. The van der Waals surface area contributed by atoms with Crippen LogP contribution in [0.5, 0.6) is 0 Å². The van der Waals surface area contributed by atoms with Crippen LogP contribution in [0.1, 0.15) is 0 Å². The molecule has 0 unspecified atom stereocenters. The first-order chi connectivity index (χ1) is 33.7. The van der Waals surface area contributed by atoms with Gasteiger partial charge < -0.3 is 8.98 Å². The molecule has 0 N–H and O–H groups in total. The largest absolute Gasteiger partial charge is 0.455 e. The summed E-state index contributed by atoms with van der Waals surface area (Å²) in [6, 6.07) is 85.2. The Morgan fingerprint density at radius 2 is 0.824 bits per heavy atom. The van der Waals surface area contributed by atoms with Crippen molar-refractivity contribution in [1.29, 1.82) is 0 Å². The van der Waals surface area contributed by atoms with Gasteiger partial charge in [-0.05, 0) is 105 Å². The van der Waals surface area contributed by atoms with Crippen LogP contribution in [-0.2, 0) is 0 Å². The summed E-state index contributed by atoms with van der Waals surface area (Å²) >= 11 is 0. The second-order valence-electron chi connectivity index (χ2n) is 17.1. The maximum absolute atomic E-state index is 7.03. The van der Waals surface area contributed by atoms with Gasteiger partial charge in [0.05, 0.1) is 16.4 Å². The molecule has 0 saturated carbocycles. The number of fused-ring (bicyclic) bond motifs is 7. The van der Waals surface area contributed by atoms with Crippen molar-refractivity contribution in [3.8, 4) is 84.4 Å². The summed E-state index contributed by atoms with van der Waals surface area (Å²) in [7, 11) is 0. The first kappa shape index (κ1) is 39.2. The molecule has 0 amide bonds. The maximum Gasteiger partial charge on any atom is 0.164 e. The Morgan fingerprint density at radius 1 is 0.294 bits per heavy atom. The van der Waals surface area contributed by atoms with Crippen molar-refractivity contribution in [2.24, 2.45) is 0 Å². The Hall–Kier alpha value is -9.19. The van der Waals surface area contributed by atoms with E-state index in [2.05, 4.69) is 211 Å². The number of furan rings is 1. The van der Waals surface area contributed by atoms with Crippen LogP contribution in [0.4, 0.5) is 0 Å². The van der Waals surface area contributed by atoms with Crippen molar-refractivity contribution in [2.75, 3.05) is 0 Å². The van der Waals surface area contributed by atoms with Crippen LogP contribution in [0, 0.1) is 0 Å². The summed E-state index contributed by atoms with van der Waals surface area (Å²) in [5, 5.41) is 4.31. The lowest BCUT2D eigenvalue weighted by Gasteiger charge is -2.16. The lowest BCUT2D eigenvalue weighted by molar-refractivity contribution is 0.673. The Balaban J connectivity index is 1.09. The SMILES string of the molecule is c1ccc(-c2cc(-c3ccccc3)cc(-c3ccc(-c4cccc5oc6c(ccc7c6c6ccccc6n7-c6ccccc6)c45)c(-c4nc(-c5ccccc5)nc(-c5ccccc5)n4)c3)c2)cc1. The van der Waals surface area contributed by atoms with Crippen LogP contribution in [0.2, 0.25) is 0 Å². The van der Waals surface area contributed by atoms with Crippen LogP contribution in [0.15, 0.2) is 247 Å². The zero-order valence-electron chi connectivity index (χ0n) is 36.8. The van der Waals surface area contributed by atoms with Crippen LogP contribution >= 0.6 is 0 Å². The average Bonchev–Trinajstić information content (AvgIpc) is 3.98. The molecule has 3 aromatic heterocycles. The van der Waals surface area contributed by atoms with E-state index in [1.807, 2.05) is 36.4 Å². The molecule has 0 saturated heterocycles. The summed E-state index contributed by atoms with van der Waals surface area (Å²) < 4.78 is 9.37. The molecular formula is C63H40N4O. The number of para-hydroxylation sites is 2. The smallest absolute Gasteiger partial charge is 0.164 e. The van der Waals surface area contributed by atoms with Gasteiger partial charge in [-0.3, -0.25) is 0 Å². The lowest BCUT2D eigenvalue weighted by Crippen LogP contribution is -2.01. The van der Waals surface area contributed by atoms with E-state index in [1.54, 1.807) is 0 Å². The molecule has 0 radical (unpaired) electrons. The van der Waals surface area contributed by atoms with Gasteiger partial charge in [0.1, 0.15) is 11.2 Å². The Labute approximate surface area is 392 Å². The fourth-order valence-electron chi connectivity index (χ4n) is 9.88. The van der Waals surface area contributed by atoms with Gasteiger partial charge in [-0.25, -0.2) is 15.0 Å². The second kappa shape index (κ2) is 16.4. The number of nitrogens with zero attached hydrogens (tertiary/aromatic N) is 4. The van der Waals surface area contributed by atoms with Crippen LogP contribution in [0.25, 0.3) is 128 Å². The van der Waals surface area contributed by atoms with Gasteiger partial charge in [-0.15, -0.1) is 0 Å². The van der Waals surface area contributed by atoms with E-state index in [0.717, 1.165) is 111 Å². The highest BCUT2D eigenvalue weighted by atomic mass is 16.3. The average molecular weight is 869 g/mol. The third kappa shape index (κ3) is 6.76. The topological polar surface area (TPSA) is 56.7 Å². The van der Waals surface area contributed by atoms with Crippen molar-refractivity contribution in [3.05, 3.63) is 243 Å². The first-order valence-electron chi connectivity index (χ1n) is 22.9. The van der Waals surface area contributed by atoms with Crippen LogP contribution in [0.3, 0.4) is 0 Å². The highest BCUT2D eigenvalue weighted by Gasteiger charge is 2.23. The van der Waals surface area contributed by atoms with Crippen molar-refractivity contribution in [3.63, 3.8) is 0 Å². The predicted octanol–water partition coefficient (Wildman–Crippen LogP) is 16.5. The van der Waals surface area contributed by atoms with E-state index in [1.165, 1.54) is 0 Å². The van der Waals surface area contributed by atoms with Gasteiger partial charge in [-0.2, -0.15) is 0 Å². The predicted molar refractivity (Wildman–Crippen MR) is 279 cm³/mol. The Bertz CT molecular complexity index is 3880. The van der Waals surface area contributed by atoms with Gasteiger partial charge in [0.2, 0.25) is 0 Å². The normalized spacial score (nSPS) is 11.5. The molecule has 0 spiro atoms. The first-order valence-corrected chi connectivity index (χ1v) is 22.9. The summed E-state index contributed by atoms with van der Waals surface area (Å²) in [5.74, 6) is 1.79. The van der Waals surface area contributed by atoms with Gasteiger partial charge in [0.15, 0.2) is 17.5 Å². The van der Waals surface area contributed by atoms with E-state index < -0.39 is 0 Å². The van der Waals surface area contributed by atoms with Gasteiger partial charge in [-0.1, -0.05) is 182 Å². The van der Waals surface area contributed by atoms with Crippen LogP contribution in [-0.4, -0.2) is 19.5 Å². The molecule has 5 heteroatoms. The van der Waals surface area contributed by atoms with Crippen molar-refractivity contribution < 1.29 is 4.42 Å². The van der Waals surface area contributed by atoms with Crippen molar-refractivity contribution in [1.82, 2.24) is 19.5 Å². The third-order valence-corrected chi connectivity index (χ3v) is 13.0. The molecule has 68 heavy (non-hydrogen) atoms. The van der Waals surface area contributed by atoms with Crippen molar-refractivity contribution >= 4 is 43.7 Å². The standard InChI is InChI=1S/C63H40N4O/c1-6-19-41(20-7-1)46-37-47(42-21-8-2-9-22-42)39-48(38-46)45-33-34-50(54(40-45)63-65-61(43-23-10-3-11-24-43)64-62(66-63)44-25-12-4-13-26-44)51-30-18-32-57-58(51)53-35-36-56-59(60(53)68-57)52-29-16-17-31-55(52)67(56)49-27-14-5-15-28-49/h1-40H. The summed E-state index contributed by atoms with van der Waals surface area (Å²) in [4.78, 5) is 15.8. The lowest BCUT2D eigenvalue weighted by atomic mass is 9.89. The zero-order chi connectivity index (χ0) is 45.0. The molecule has 0 aliphatic rings. The molecule has 13 rings (SSSR count). The number of hydrogen-bond acceptors (Lipinski definition) is 4. The van der Waals surface area contributed by atoms with E-state index in [9.17, 15) is 0 Å². The van der Waals surface area contributed by atoms with Gasteiger partial charge in [0.25, 0.3) is 0 Å². The highest BCUT2D eigenvalue weighted by molar-refractivity contribution is 6.26. The van der Waals surface area contributed by atoms with Gasteiger partial charge >= 0.3 is 0 Å². The molecule has 0 aliphatic heterocycles. The van der Waals surface area contributed by atoms with E-state index >= 15 is 0 Å². The Morgan fingerprint density at radius 3 is 1.44 bits per heavy atom. The third-order valence-electron chi connectivity index (χ3n) is 13.0. The van der Waals surface area contributed by atoms with Gasteiger partial charge in [0, 0.05) is 38.5 Å². The second-order valence-corrected chi connectivity index (χ2v) is 17.1. The zero-order valence-corrected chi connectivity index (χ0v) is 36.8. The van der Waals surface area contributed by atoms with Crippen LogP contribution < -0.4 is 0 Å². The molecule has 318 valence electrons. The fourth-order valence-corrected chi connectivity index (χ4v) is 9.88. The molecule has 0 bridgehead atoms. The molecule has 13 aromatic rings. The van der Waals surface area contributed by atoms with E-state index in [-0.39, 0.29) is 0 Å². The van der Waals surface area contributed by atoms with Crippen molar-refractivity contribution in [2.45, 2.75) is 0 Å². The molecule has 0 fully saturated rings. The number of rotatable bonds is 8. The molecule has 3 heterocycles. The molecule has 0 aliphatic carbocycles.